The zero-order valence-electron chi connectivity index (χ0n) is 12.4. The van der Waals surface area contributed by atoms with E-state index >= 15 is 0 Å². The number of amides is 1. The fourth-order valence-corrected chi connectivity index (χ4v) is 2.24. The van der Waals surface area contributed by atoms with Gasteiger partial charge >= 0.3 is 5.97 Å². The molecule has 1 amide bonds. The summed E-state index contributed by atoms with van der Waals surface area (Å²) in [6.07, 6.45) is 0.784. The van der Waals surface area contributed by atoms with Gasteiger partial charge in [0.2, 0.25) is 0 Å². The molecular weight excluding hydrogens is 274 g/mol. The summed E-state index contributed by atoms with van der Waals surface area (Å²) in [5.74, 6) is -0.282. The standard InChI is InChI=1S/C15H19NO5/c1-15(2)7-10-5-4-6-11(14(10)21-15)20-9-12(17)16(3)8-13(18)19/h4-6H,7-9H2,1-3H3,(H,18,19). The van der Waals surface area contributed by atoms with Gasteiger partial charge in [0.25, 0.3) is 5.91 Å². The third-order valence-corrected chi connectivity index (χ3v) is 3.20. The molecule has 0 aromatic heterocycles. The molecule has 0 bridgehead atoms. The van der Waals surface area contributed by atoms with Crippen LogP contribution >= 0.6 is 0 Å². The Hall–Kier alpha value is -2.24. The minimum absolute atomic E-state index is 0.218. The van der Waals surface area contributed by atoms with Crippen LogP contribution < -0.4 is 9.47 Å². The quantitative estimate of drug-likeness (QED) is 0.886. The average molecular weight is 293 g/mol. The summed E-state index contributed by atoms with van der Waals surface area (Å²) in [5.41, 5.74) is 0.759. The van der Waals surface area contributed by atoms with Crippen molar-refractivity contribution in [3.8, 4) is 11.5 Å². The topological polar surface area (TPSA) is 76.1 Å². The SMILES string of the molecule is CN(CC(=O)O)C(=O)COc1cccc2c1OC(C)(C)C2. The van der Waals surface area contributed by atoms with Crippen LogP contribution in [0.3, 0.4) is 0 Å². The van der Waals surface area contributed by atoms with E-state index in [2.05, 4.69) is 0 Å². The predicted octanol–water partition coefficient (Wildman–Crippen LogP) is 1.32. The zero-order valence-corrected chi connectivity index (χ0v) is 12.4. The van der Waals surface area contributed by atoms with Crippen molar-refractivity contribution in [2.45, 2.75) is 25.9 Å². The number of para-hydroxylation sites is 1. The van der Waals surface area contributed by atoms with Crippen LogP contribution in [-0.4, -0.2) is 47.7 Å². The van der Waals surface area contributed by atoms with Crippen molar-refractivity contribution in [3.63, 3.8) is 0 Å². The number of fused-ring (bicyclic) bond motifs is 1. The van der Waals surface area contributed by atoms with Gasteiger partial charge in [-0.1, -0.05) is 12.1 Å². The van der Waals surface area contributed by atoms with E-state index in [-0.39, 0.29) is 18.8 Å². The van der Waals surface area contributed by atoms with Crippen LogP contribution in [0.15, 0.2) is 18.2 Å². The summed E-state index contributed by atoms with van der Waals surface area (Å²) < 4.78 is 11.3. The lowest BCUT2D eigenvalue weighted by atomic mass is 10.0. The summed E-state index contributed by atoms with van der Waals surface area (Å²) in [6, 6.07) is 5.56. The van der Waals surface area contributed by atoms with Crippen molar-refractivity contribution in [2.24, 2.45) is 0 Å². The highest BCUT2D eigenvalue weighted by Gasteiger charge is 2.32. The molecule has 114 valence electrons. The predicted molar refractivity (Wildman–Crippen MR) is 75.6 cm³/mol. The Morgan fingerprint density at radius 2 is 2.14 bits per heavy atom. The lowest BCUT2D eigenvalue weighted by Crippen LogP contribution is -2.35. The molecular formula is C15H19NO5. The van der Waals surface area contributed by atoms with Crippen LogP contribution in [-0.2, 0) is 16.0 Å². The number of hydrogen-bond acceptors (Lipinski definition) is 4. The summed E-state index contributed by atoms with van der Waals surface area (Å²) in [5, 5.41) is 8.65. The Morgan fingerprint density at radius 3 is 2.81 bits per heavy atom. The van der Waals surface area contributed by atoms with Crippen LogP contribution in [0.25, 0.3) is 0 Å². The molecule has 2 rings (SSSR count). The second-order valence-corrected chi connectivity index (χ2v) is 5.72. The van der Waals surface area contributed by atoms with E-state index in [9.17, 15) is 9.59 Å². The highest BCUT2D eigenvalue weighted by molar-refractivity contribution is 5.82. The molecule has 21 heavy (non-hydrogen) atoms. The molecule has 1 N–H and O–H groups in total. The molecule has 6 heteroatoms. The zero-order chi connectivity index (χ0) is 15.6. The molecule has 0 spiro atoms. The van der Waals surface area contributed by atoms with E-state index in [1.165, 1.54) is 7.05 Å². The van der Waals surface area contributed by atoms with Gasteiger partial charge in [0.1, 0.15) is 12.1 Å². The number of likely N-dealkylation sites (N-methyl/N-ethyl adjacent to an activating group) is 1. The number of ether oxygens (including phenoxy) is 2. The molecule has 1 aromatic rings. The lowest BCUT2D eigenvalue weighted by molar-refractivity contribution is -0.144. The van der Waals surface area contributed by atoms with Gasteiger partial charge in [-0.05, 0) is 19.9 Å². The van der Waals surface area contributed by atoms with Gasteiger partial charge < -0.3 is 19.5 Å². The number of carbonyl (C=O) groups is 2. The Labute approximate surface area is 123 Å². The lowest BCUT2D eigenvalue weighted by Gasteiger charge is -2.19. The monoisotopic (exact) mass is 293 g/mol. The van der Waals surface area contributed by atoms with Gasteiger partial charge in [0.05, 0.1) is 0 Å². The van der Waals surface area contributed by atoms with E-state index in [1.807, 2.05) is 26.0 Å². The number of nitrogens with zero attached hydrogens (tertiary/aromatic N) is 1. The van der Waals surface area contributed by atoms with Crippen LogP contribution in [0.5, 0.6) is 11.5 Å². The van der Waals surface area contributed by atoms with Gasteiger partial charge in [-0.3, -0.25) is 9.59 Å². The second kappa shape index (κ2) is 5.63. The number of aliphatic carboxylic acids is 1. The summed E-state index contributed by atoms with van der Waals surface area (Å²) in [6.45, 7) is 3.41. The molecule has 0 fully saturated rings. The third-order valence-electron chi connectivity index (χ3n) is 3.20. The summed E-state index contributed by atoms with van der Waals surface area (Å²) in [4.78, 5) is 23.4. The highest BCUT2D eigenvalue weighted by atomic mass is 16.5. The maximum atomic E-state index is 11.8. The minimum Gasteiger partial charge on any atom is -0.483 e. The normalized spacial score (nSPS) is 15.0. The molecule has 0 saturated heterocycles. The van der Waals surface area contributed by atoms with Crippen molar-refractivity contribution in [2.75, 3.05) is 20.2 Å². The van der Waals surface area contributed by atoms with Crippen LogP contribution in [0, 0.1) is 0 Å². The van der Waals surface area contributed by atoms with Gasteiger partial charge in [-0.2, -0.15) is 0 Å². The molecule has 1 heterocycles. The minimum atomic E-state index is -1.06. The number of benzene rings is 1. The van der Waals surface area contributed by atoms with E-state index in [0.717, 1.165) is 16.9 Å². The van der Waals surface area contributed by atoms with Crippen molar-refractivity contribution >= 4 is 11.9 Å². The number of carbonyl (C=O) groups excluding carboxylic acids is 1. The number of rotatable bonds is 5. The van der Waals surface area contributed by atoms with Crippen molar-refractivity contribution < 1.29 is 24.2 Å². The fourth-order valence-electron chi connectivity index (χ4n) is 2.24. The molecule has 0 aliphatic carbocycles. The Bertz CT molecular complexity index is 567. The van der Waals surface area contributed by atoms with Crippen molar-refractivity contribution in [1.82, 2.24) is 4.90 Å². The molecule has 6 nitrogen and oxygen atoms in total. The first-order valence-corrected chi connectivity index (χ1v) is 6.68. The van der Waals surface area contributed by atoms with Gasteiger partial charge in [-0.15, -0.1) is 0 Å². The highest BCUT2D eigenvalue weighted by Crippen LogP contribution is 2.41. The number of carboxylic acids is 1. The fraction of sp³-hybridized carbons (Fsp3) is 0.467. The molecule has 0 unspecified atom stereocenters. The second-order valence-electron chi connectivity index (χ2n) is 5.72. The van der Waals surface area contributed by atoms with Crippen LogP contribution in [0.2, 0.25) is 0 Å². The first kappa shape index (κ1) is 15.2. The van der Waals surface area contributed by atoms with Gasteiger partial charge in [-0.25, -0.2) is 0 Å². The van der Waals surface area contributed by atoms with E-state index in [1.54, 1.807) is 6.07 Å². The molecule has 1 aliphatic heterocycles. The van der Waals surface area contributed by atoms with E-state index in [0.29, 0.717) is 11.5 Å². The number of hydrogen-bond donors (Lipinski definition) is 1. The van der Waals surface area contributed by atoms with Crippen LogP contribution in [0.1, 0.15) is 19.4 Å². The molecule has 0 atom stereocenters. The van der Waals surface area contributed by atoms with Gasteiger partial charge in [0, 0.05) is 19.0 Å². The summed E-state index contributed by atoms with van der Waals surface area (Å²) >= 11 is 0. The third kappa shape index (κ3) is 3.65. The average Bonchev–Trinajstić information content (AvgIpc) is 2.69. The largest absolute Gasteiger partial charge is 0.483 e. The Balaban J connectivity index is 2.01. The smallest absolute Gasteiger partial charge is 0.323 e. The Morgan fingerprint density at radius 1 is 1.43 bits per heavy atom. The summed E-state index contributed by atoms with van der Waals surface area (Å²) in [7, 11) is 1.43. The van der Waals surface area contributed by atoms with Crippen molar-refractivity contribution in [3.05, 3.63) is 23.8 Å². The molecule has 0 saturated carbocycles. The Kier molecular flexibility index (Phi) is 4.06. The first-order chi connectivity index (χ1) is 9.78. The maximum Gasteiger partial charge on any atom is 0.323 e. The van der Waals surface area contributed by atoms with Gasteiger partial charge in [0.15, 0.2) is 18.1 Å². The molecule has 1 aliphatic rings. The van der Waals surface area contributed by atoms with Crippen molar-refractivity contribution in [1.29, 1.82) is 0 Å². The van der Waals surface area contributed by atoms with Crippen LogP contribution in [0.4, 0.5) is 0 Å². The first-order valence-electron chi connectivity index (χ1n) is 6.68. The van der Waals surface area contributed by atoms with E-state index in [4.69, 9.17) is 14.6 Å². The number of carboxylic acid groups (broad SMARTS) is 1. The maximum absolute atomic E-state index is 11.8. The molecule has 1 aromatic carbocycles. The van der Waals surface area contributed by atoms with E-state index < -0.39 is 11.9 Å². The molecule has 0 radical (unpaired) electrons.